The van der Waals surface area contributed by atoms with Gasteiger partial charge in [-0.05, 0) is 39.4 Å². The van der Waals surface area contributed by atoms with Gasteiger partial charge in [0.2, 0.25) is 0 Å². The first kappa shape index (κ1) is 27.6. The van der Waals surface area contributed by atoms with Crippen molar-refractivity contribution in [3.63, 3.8) is 0 Å². The number of hydrogen-bond acceptors (Lipinski definition) is 4. The Morgan fingerprint density at radius 2 is 1.20 bits per heavy atom. The number of ether oxygens (including phenoxy) is 1. The Hall–Kier alpha value is -0.450. The maximum absolute atomic E-state index is 11.6. The predicted molar refractivity (Wildman–Crippen MR) is 129 cm³/mol. The molecule has 0 aromatic carbocycles. The van der Waals surface area contributed by atoms with Crippen LogP contribution in [-0.4, -0.2) is 68.1 Å². The highest BCUT2D eigenvalue weighted by Crippen LogP contribution is 2.13. The zero-order chi connectivity index (χ0) is 21.7. The zero-order valence-electron chi connectivity index (χ0n) is 20.5. The summed E-state index contributed by atoms with van der Waals surface area (Å²) in [6.45, 7) is 11.8. The van der Waals surface area contributed by atoms with Crippen LogP contribution < -0.4 is 0 Å². The lowest BCUT2D eigenvalue weighted by Crippen LogP contribution is -2.38. The third-order valence-corrected chi connectivity index (χ3v) is 6.33. The number of ketones is 1. The van der Waals surface area contributed by atoms with Crippen molar-refractivity contribution in [3.05, 3.63) is 0 Å². The Kier molecular flexibility index (Phi) is 18.8. The summed E-state index contributed by atoms with van der Waals surface area (Å²) < 4.78 is 5.42. The van der Waals surface area contributed by atoms with Crippen molar-refractivity contribution in [2.24, 2.45) is 0 Å². The van der Waals surface area contributed by atoms with Gasteiger partial charge in [-0.25, -0.2) is 0 Å². The van der Waals surface area contributed by atoms with Crippen molar-refractivity contribution in [2.45, 2.75) is 110 Å². The molecule has 1 fully saturated rings. The molecule has 178 valence electrons. The number of carbonyl (C=O) groups excluding carboxylic acids is 1. The van der Waals surface area contributed by atoms with Crippen molar-refractivity contribution in [2.75, 3.05) is 52.5 Å². The van der Waals surface area contributed by atoms with Crippen molar-refractivity contribution in [1.29, 1.82) is 0 Å². The van der Waals surface area contributed by atoms with Crippen LogP contribution >= 0.6 is 0 Å². The van der Waals surface area contributed by atoms with E-state index in [0.29, 0.717) is 12.3 Å². The van der Waals surface area contributed by atoms with E-state index < -0.39 is 0 Å². The fraction of sp³-hybridized carbons (Fsp3) is 0.962. The Labute approximate surface area is 188 Å². The summed E-state index contributed by atoms with van der Waals surface area (Å²) >= 11 is 0. The number of Topliss-reactive ketones (excluding diaryl/α,β-unsaturated/α-hetero) is 1. The van der Waals surface area contributed by atoms with E-state index >= 15 is 0 Å². The molecule has 1 rings (SSSR count). The average molecular weight is 425 g/mol. The maximum atomic E-state index is 11.6. The van der Waals surface area contributed by atoms with Crippen LogP contribution in [0.15, 0.2) is 0 Å². The molecule has 0 aromatic rings. The molecule has 0 N–H and O–H groups in total. The lowest BCUT2D eigenvalue weighted by atomic mass is 10.0. The molecule has 4 nitrogen and oxygen atoms in total. The normalized spacial score (nSPS) is 15.2. The summed E-state index contributed by atoms with van der Waals surface area (Å²) in [5.41, 5.74) is 0. The van der Waals surface area contributed by atoms with E-state index in [1.54, 1.807) is 6.92 Å². The minimum atomic E-state index is 0.298. The molecule has 0 aliphatic carbocycles. The second-order valence-electron chi connectivity index (χ2n) is 9.38. The van der Waals surface area contributed by atoms with Gasteiger partial charge in [0.1, 0.15) is 5.78 Å². The molecule has 0 radical (unpaired) electrons. The first-order valence-corrected chi connectivity index (χ1v) is 13.2. The first-order chi connectivity index (χ1) is 14.7. The van der Waals surface area contributed by atoms with Gasteiger partial charge in [0.15, 0.2) is 0 Å². The van der Waals surface area contributed by atoms with Crippen LogP contribution in [0.2, 0.25) is 0 Å². The Bertz CT molecular complexity index is 383. The van der Waals surface area contributed by atoms with E-state index in [1.165, 1.54) is 89.9 Å². The van der Waals surface area contributed by atoms with Crippen LogP contribution in [0, 0.1) is 0 Å². The molecule has 0 saturated carbocycles. The summed E-state index contributed by atoms with van der Waals surface area (Å²) in [5.74, 6) is 0.298. The zero-order valence-corrected chi connectivity index (χ0v) is 20.5. The number of unbranched alkanes of at least 4 members (excludes halogenated alkanes) is 13. The standard InChI is InChI=1S/C26H52N2O2/c1-3-4-5-6-7-8-9-10-11-12-13-14-15-16-18-28(25-26(2)29)20-17-19-27-21-23-30-24-22-27/h3-25H2,1-2H3. The Balaban J connectivity index is 1.92. The number of morpholine rings is 1. The van der Waals surface area contributed by atoms with Crippen LogP contribution in [-0.2, 0) is 9.53 Å². The minimum absolute atomic E-state index is 0.298. The third kappa shape index (κ3) is 17.3. The van der Waals surface area contributed by atoms with Gasteiger partial charge in [0.05, 0.1) is 19.8 Å². The van der Waals surface area contributed by atoms with Gasteiger partial charge in [-0.2, -0.15) is 0 Å². The molecule has 30 heavy (non-hydrogen) atoms. The van der Waals surface area contributed by atoms with Crippen molar-refractivity contribution in [1.82, 2.24) is 9.80 Å². The third-order valence-electron chi connectivity index (χ3n) is 6.33. The molecule has 0 bridgehead atoms. The molecule has 1 aliphatic heterocycles. The largest absolute Gasteiger partial charge is 0.379 e. The average Bonchev–Trinajstić information content (AvgIpc) is 2.74. The summed E-state index contributed by atoms with van der Waals surface area (Å²) in [6.07, 6.45) is 20.7. The monoisotopic (exact) mass is 424 g/mol. The van der Waals surface area contributed by atoms with Crippen LogP contribution in [0.4, 0.5) is 0 Å². The highest BCUT2D eigenvalue weighted by Gasteiger charge is 2.12. The van der Waals surface area contributed by atoms with E-state index in [9.17, 15) is 4.79 Å². The van der Waals surface area contributed by atoms with Gasteiger partial charge in [0, 0.05) is 13.1 Å². The summed E-state index contributed by atoms with van der Waals surface area (Å²) in [6, 6.07) is 0. The number of carbonyl (C=O) groups is 1. The van der Waals surface area contributed by atoms with Gasteiger partial charge in [0.25, 0.3) is 0 Å². The molecule has 0 spiro atoms. The lowest BCUT2D eigenvalue weighted by molar-refractivity contribution is -0.118. The summed E-state index contributed by atoms with van der Waals surface area (Å²) in [5, 5.41) is 0. The second kappa shape index (κ2) is 20.5. The second-order valence-corrected chi connectivity index (χ2v) is 9.38. The predicted octanol–water partition coefficient (Wildman–Crippen LogP) is 6.08. The topological polar surface area (TPSA) is 32.8 Å². The fourth-order valence-corrected chi connectivity index (χ4v) is 4.46. The van der Waals surface area contributed by atoms with Gasteiger partial charge < -0.3 is 4.74 Å². The van der Waals surface area contributed by atoms with E-state index in [4.69, 9.17) is 4.74 Å². The lowest BCUT2D eigenvalue weighted by Gasteiger charge is -2.28. The quantitative estimate of drug-likeness (QED) is 0.209. The van der Waals surface area contributed by atoms with Gasteiger partial charge >= 0.3 is 0 Å². The molecule has 1 aliphatic rings. The Morgan fingerprint density at radius 1 is 0.733 bits per heavy atom. The number of nitrogens with zero attached hydrogens (tertiary/aromatic N) is 2. The SMILES string of the molecule is CCCCCCCCCCCCCCCCN(CCCN1CCOCC1)CC(C)=O. The molecule has 0 aromatic heterocycles. The molecule has 1 saturated heterocycles. The summed E-state index contributed by atoms with van der Waals surface area (Å²) in [4.78, 5) is 16.5. The molecule has 4 heteroatoms. The van der Waals surface area contributed by atoms with Gasteiger partial charge in [-0.15, -0.1) is 0 Å². The summed E-state index contributed by atoms with van der Waals surface area (Å²) in [7, 11) is 0. The van der Waals surface area contributed by atoms with Crippen molar-refractivity contribution in [3.8, 4) is 0 Å². The van der Waals surface area contributed by atoms with E-state index in [-0.39, 0.29) is 0 Å². The van der Waals surface area contributed by atoms with Crippen LogP contribution in [0.1, 0.15) is 110 Å². The van der Waals surface area contributed by atoms with E-state index in [2.05, 4.69) is 16.7 Å². The van der Waals surface area contributed by atoms with Gasteiger partial charge in [-0.3, -0.25) is 14.6 Å². The molecule has 1 heterocycles. The van der Waals surface area contributed by atoms with E-state index in [1.807, 2.05) is 0 Å². The molecule has 0 unspecified atom stereocenters. The van der Waals surface area contributed by atoms with Crippen LogP contribution in [0.25, 0.3) is 0 Å². The van der Waals surface area contributed by atoms with Crippen molar-refractivity contribution < 1.29 is 9.53 Å². The van der Waals surface area contributed by atoms with Crippen molar-refractivity contribution >= 4 is 5.78 Å². The molecular weight excluding hydrogens is 372 g/mol. The Morgan fingerprint density at radius 3 is 1.70 bits per heavy atom. The molecule has 0 amide bonds. The molecule has 0 atom stereocenters. The highest BCUT2D eigenvalue weighted by atomic mass is 16.5. The van der Waals surface area contributed by atoms with E-state index in [0.717, 1.165) is 52.4 Å². The number of hydrogen-bond donors (Lipinski definition) is 0. The van der Waals surface area contributed by atoms with Crippen LogP contribution in [0.5, 0.6) is 0 Å². The number of rotatable bonds is 21. The van der Waals surface area contributed by atoms with Crippen LogP contribution in [0.3, 0.4) is 0 Å². The maximum Gasteiger partial charge on any atom is 0.143 e. The fourth-order valence-electron chi connectivity index (χ4n) is 4.46. The highest BCUT2D eigenvalue weighted by molar-refractivity contribution is 5.77. The first-order valence-electron chi connectivity index (χ1n) is 13.2. The smallest absolute Gasteiger partial charge is 0.143 e. The minimum Gasteiger partial charge on any atom is -0.379 e. The molecular formula is C26H52N2O2. The van der Waals surface area contributed by atoms with Gasteiger partial charge in [-0.1, -0.05) is 90.4 Å².